The highest BCUT2D eigenvalue weighted by molar-refractivity contribution is 5.96. The molecule has 0 saturated carbocycles. The van der Waals surface area contributed by atoms with Crippen LogP contribution in [0.5, 0.6) is 5.75 Å². The van der Waals surface area contributed by atoms with Crippen LogP contribution >= 0.6 is 0 Å². The molecule has 0 atom stereocenters. The first-order valence-corrected chi connectivity index (χ1v) is 9.49. The summed E-state index contributed by atoms with van der Waals surface area (Å²) in [6.07, 6.45) is -1.51. The van der Waals surface area contributed by atoms with Crippen LogP contribution in [0.4, 0.5) is 24.5 Å². The average Bonchev–Trinajstić information content (AvgIpc) is 3.22. The Labute approximate surface area is 179 Å². The topological polar surface area (TPSA) is 101 Å². The van der Waals surface area contributed by atoms with E-state index in [9.17, 15) is 22.8 Å². The van der Waals surface area contributed by atoms with Crippen molar-refractivity contribution in [2.24, 2.45) is 0 Å². The molecule has 0 spiro atoms. The number of aromatic nitrogens is 3. The molecule has 2 heterocycles. The van der Waals surface area contributed by atoms with Gasteiger partial charge in [0.05, 0.1) is 24.4 Å². The molecule has 0 radical (unpaired) electrons. The van der Waals surface area contributed by atoms with E-state index in [-0.39, 0.29) is 0 Å². The van der Waals surface area contributed by atoms with Crippen molar-refractivity contribution < 1.29 is 22.7 Å². The van der Waals surface area contributed by atoms with Gasteiger partial charge >= 0.3 is 6.18 Å². The lowest BCUT2D eigenvalue weighted by Gasteiger charge is -2.13. The molecule has 1 amide bonds. The number of nitrogens with one attached hydrogen (secondary N) is 3. The number of methoxy groups -OCH3 is 1. The predicted octanol–water partition coefficient (Wildman–Crippen LogP) is 3.31. The Morgan fingerprint density at radius 1 is 1.22 bits per heavy atom. The number of alkyl halides is 3. The SMILES string of the molecule is COc1cc(Nc2cccc3ccn(CC(=O)NCC(F)(F)F)c(=O)c23)cc2cn[nH]c12. The third-order valence-electron chi connectivity index (χ3n) is 4.82. The molecule has 166 valence electrons. The van der Waals surface area contributed by atoms with E-state index in [1.165, 1.54) is 13.3 Å². The van der Waals surface area contributed by atoms with E-state index in [0.717, 1.165) is 15.5 Å². The average molecular weight is 445 g/mol. The predicted molar refractivity (Wildman–Crippen MR) is 113 cm³/mol. The van der Waals surface area contributed by atoms with Gasteiger partial charge < -0.3 is 19.9 Å². The monoisotopic (exact) mass is 445 g/mol. The fourth-order valence-electron chi connectivity index (χ4n) is 3.38. The largest absolute Gasteiger partial charge is 0.494 e. The van der Waals surface area contributed by atoms with Crippen molar-refractivity contribution >= 4 is 39.0 Å². The first-order chi connectivity index (χ1) is 15.2. The molecule has 8 nitrogen and oxygen atoms in total. The Balaban J connectivity index is 1.68. The highest BCUT2D eigenvalue weighted by Crippen LogP contribution is 2.31. The van der Waals surface area contributed by atoms with Gasteiger partial charge in [0.15, 0.2) is 0 Å². The maximum absolute atomic E-state index is 13.1. The number of benzene rings is 2. The molecule has 0 fully saturated rings. The number of anilines is 2. The number of pyridine rings is 1. The van der Waals surface area contributed by atoms with Crippen LogP contribution < -0.4 is 20.9 Å². The molecule has 0 aliphatic rings. The Morgan fingerprint density at radius 2 is 2.03 bits per heavy atom. The molecule has 0 unspecified atom stereocenters. The van der Waals surface area contributed by atoms with Gasteiger partial charge in [-0.2, -0.15) is 18.3 Å². The highest BCUT2D eigenvalue weighted by atomic mass is 19.4. The minimum absolute atomic E-state index is 0.296. The molecular weight excluding hydrogens is 427 g/mol. The minimum Gasteiger partial charge on any atom is -0.494 e. The van der Waals surface area contributed by atoms with E-state index >= 15 is 0 Å². The molecule has 0 aliphatic heterocycles. The second-order valence-corrected chi connectivity index (χ2v) is 7.05. The van der Waals surface area contributed by atoms with Crippen molar-refractivity contribution in [1.82, 2.24) is 20.1 Å². The first kappa shape index (κ1) is 21.2. The van der Waals surface area contributed by atoms with Crippen LogP contribution in [-0.2, 0) is 11.3 Å². The number of aromatic amines is 1. The van der Waals surface area contributed by atoms with Gasteiger partial charge in [-0.05, 0) is 23.6 Å². The van der Waals surface area contributed by atoms with Gasteiger partial charge in [-0.15, -0.1) is 0 Å². The molecular formula is C21H18F3N5O3. The van der Waals surface area contributed by atoms with Crippen LogP contribution in [0.15, 0.2) is 53.6 Å². The summed E-state index contributed by atoms with van der Waals surface area (Å²) in [5.41, 5.74) is 1.33. The lowest BCUT2D eigenvalue weighted by molar-refractivity contribution is -0.138. The Morgan fingerprint density at radius 3 is 2.78 bits per heavy atom. The van der Waals surface area contributed by atoms with Crippen LogP contribution in [0.2, 0.25) is 0 Å². The number of halogens is 3. The Kier molecular flexibility index (Phi) is 5.47. The number of carbonyl (C=O) groups is 1. The van der Waals surface area contributed by atoms with Crippen molar-refractivity contribution in [3.8, 4) is 5.75 Å². The summed E-state index contributed by atoms with van der Waals surface area (Å²) in [4.78, 5) is 24.9. The quantitative estimate of drug-likeness (QED) is 0.423. The molecule has 11 heteroatoms. The van der Waals surface area contributed by atoms with Gasteiger partial charge in [-0.3, -0.25) is 14.7 Å². The molecule has 0 bridgehead atoms. The van der Waals surface area contributed by atoms with Gasteiger partial charge in [-0.25, -0.2) is 0 Å². The standard InChI is InChI=1S/C21H18F3N5O3/c1-32-16-8-14(7-13-9-26-28-19(13)16)27-15-4-2-3-12-5-6-29(20(31)18(12)15)10-17(30)25-11-21(22,23)24/h2-9,27H,10-11H2,1H3,(H,25,30)(H,26,28). The van der Waals surface area contributed by atoms with E-state index in [0.29, 0.717) is 27.9 Å². The molecule has 32 heavy (non-hydrogen) atoms. The number of H-pyrrole nitrogens is 1. The van der Waals surface area contributed by atoms with Gasteiger partial charge in [0.25, 0.3) is 5.56 Å². The van der Waals surface area contributed by atoms with Crippen molar-refractivity contribution in [2.45, 2.75) is 12.7 Å². The maximum Gasteiger partial charge on any atom is 0.405 e. The Bertz CT molecular complexity index is 1360. The molecule has 0 saturated heterocycles. The van der Waals surface area contributed by atoms with Gasteiger partial charge in [-0.1, -0.05) is 12.1 Å². The molecule has 2 aromatic carbocycles. The fourth-order valence-corrected chi connectivity index (χ4v) is 3.38. The number of amides is 1. The number of hydrogen-bond donors (Lipinski definition) is 3. The zero-order valence-corrected chi connectivity index (χ0v) is 16.8. The third-order valence-corrected chi connectivity index (χ3v) is 4.82. The third kappa shape index (κ3) is 4.36. The van der Waals surface area contributed by atoms with Crippen molar-refractivity contribution in [3.05, 3.63) is 59.1 Å². The summed E-state index contributed by atoms with van der Waals surface area (Å²) in [7, 11) is 1.53. The van der Waals surface area contributed by atoms with E-state index < -0.39 is 30.7 Å². The number of rotatable bonds is 6. The number of ether oxygens (including phenoxy) is 1. The van der Waals surface area contributed by atoms with Crippen LogP contribution in [0.1, 0.15) is 0 Å². The second-order valence-electron chi connectivity index (χ2n) is 7.05. The molecule has 3 N–H and O–H groups in total. The first-order valence-electron chi connectivity index (χ1n) is 9.49. The second kappa shape index (κ2) is 8.25. The van der Waals surface area contributed by atoms with Crippen molar-refractivity contribution in [3.63, 3.8) is 0 Å². The number of fused-ring (bicyclic) bond motifs is 2. The van der Waals surface area contributed by atoms with Crippen LogP contribution in [0.3, 0.4) is 0 Å². The summed E-state index contributed by atoms with van der Waals surface area (Å²) in [6.45, 7) is -1.99. The van der Waals surface area contributed by atoms with Crippen LogP contribution in [0, 0.1) is 0 Å². The van der Waals surface area contributed by atoms with Crippen molar-refractivity contribution in [2.75, 3.05) is 19.0 Å². The van der Waals surface area contributed by atoms with E-state index in [1.807, 2.05) is 6.07 Å². The zero-order chi connectivity index (χ0) is 22.9. The lowest BCUT2D eigenvalue weighted by atomic mass is 10.1. The van der Waals surface area contributed by atoms with Crippen LogP contribution in [0.25, 0.3) is 21.7 Å². The maximum atomic E-state index is 13.1. The summed E-state index contributed by atoms with van der Waals surface area (Å²) in [5.74, 6) is -0.356. The number of nitrogens with zero attached hydrogens (tertiary/aromatic N) is 2. The van der Waals surface area contributed by atoms with Gasteiger partial charge in [0.1, 0.15) is 24.4 Å². The van der Waals surface area contributed by atoms with Crippen LogP contribution in [-0.4, -0.2) is 40.5 Å². The smallest absolute Gasteiger partial charge is 0.405 e. The Hall–Kier alpha value is -4.02. The highest BCUT2D eigenvalue weighted by Gasteiger charge is 2.27. The number of hydrogen-bond acceptors (Lipinski definition) is 5. The number of carbonyl (C=O) groups excluding carboxylic acids is 1. The summed E-state index contributed by atoms with van der Waals surface area (Å²) < 4.78 is 43.4. The summed E-state index contributed by atoms with van der Waals surface area (Å²) in [6, 6.07) is 10.4. The molecule has 4 aromatic rings. The normalized spacial score (nSPS) is 11.6. The summed E-state index contributed by atoms with van der Waals surface area (Å²) >= 11 is 0. The zero-order valence-electron chi connectivity index (χ0n) is 16.8. The lowest BCUT2D eigenvalue weighted by Crippen LogP contribution is -2.37. The van der Waals surface area contributed by atoms with E-state index in [4.69, 9.17) is 4.74 Å². The molecule has 0 aliphatic carbocycles. The van der Waals surface area contributed by atoms with E-state index in [2.05, 4.69) is 15.5 Å². The summed E-state index contributed by atoms with van der Waals surface area (Å²) in [5, 5.41) is 13.5. The minimum atomic E-state index is -4.53. The van der Waals surface area contributed by atoms with Crippen molar-refractivity contribution in [1.29, 1.82) is 0 Å². The molecule has 2 aromatic heterocycles. The fraction of sp³-hybridized carbons (Fsp3) is 0.190. The van der Waals surface area contributed by atoms with Gasteiger partial charge in [0.2, 0.25) is 5.91 Å². The van der Waals surface area contributed by atoms with Gasteiger partial charge in [0, 0.05) is 23.3 Å². The van der Waals surface area contributed by atoms with E-state index in [1.54, 1.807) is 41.8 Å². The molecule has 4 rings (SSSR count).